The van der Waals surface area contributed by atoms with Gasteiger partial charge in [0.25, 0.3) is 0 Å². The van der Waals surface area contributed by atoms with E-state index >= 15 is 0 Å². The van der Waals surface area contributed by atoms with Crippen molar-refractivity contribution in [3.63, 3.8) is 0 Å². The Morgan fingerprint density at radius 3 is 2.62 bits per heavy atom. The molecule has 0 aliphatic heterocycles. The van der Waals surface area contributed by atoms with Crippen molar-refractivity contribution in [3.05, 3.63) is 11.6 Å². The molecule has 0 aromatic carbocycles. The number of aryl methyl sites for hydroxylation is 1. The zero-order valence-electron chi connectivity index (χ0n) is 9.69. The summed E-state index contributed by atoms with van der Waals surface area (Å²) >= 11 is 0. The summed E-state index contributed by atoms with van der Waals surface area (Å²) in [5, 5.41) is 7.81. The van der Waals surface area contributed by atoms with Crippen molar-refractivity contribution in [3.8, 4) is 11.8 Å². The van der Waals surface area contributed by atoms with Crippen molar-refractivity contribution < 1.29 is 9.47 Å². The maximum absolute atomic E-state index is 6.05. The van der Waals surface area contributed by atoms with E-state index in [1.54, 1.807) is 14.2 Å². The van der Waals surface area contributed by atoms with Crippen molar-refractivity contribution in [1.29, 1.82) is 0 Å². The lowest BCUT2D eigenvalue weighted by Gasteiger charge is -2.11. The van der Waals surface area contributed by atoms with Crippen LogP contribution in [0.3, 0.4) is 0 Å². The molecule has 0 unspecified atom stereocenters. The maximum atomic E-state index is 6.05. The van der Waals surface area contributed by atoms with E-state index in [-0.39, 0.29) is 5.54 Å². The maximum Gasteiger partial charge on any atom is 0.236 e. The van der Waals surface area contributed by atoms with Crippen LogP contribution in [-0.4, -0.2) is 30.0 Å². The second-order valence-corrected chi connectivity index (χ2v) is 4.28. The van der Waals surface area contributed by atoms with Crippen LogP contribution in [0, 0.1) is 0 Å². The van der Waals surface area contributed by atoms with Crippen LogP contribution in [0.1, 0.15) is 24.8 Å². The van der Waals surface area contributed by atoms with Crippen LogP contribution in [0.4, 0.5) is 0 Å². The number of rotatable bonds is 5. The molecule has 1 aliphatic rings. The Morgan fingerprint density at radius 2 is 2.06 bits per heavy atom. The number of methoxy groups -OCH3 is 2. The van der Waals surface area contributed by atoms with E-state index in [0.717, 1.165) is 31.2 Å². The van der Waals surface area contributed by atoms with Gasteiger partial charge >= 0.3 is 0 Å². The molecular weight excluding hydrogens is 206 g/mol. The first-order valence-electron chi connectivity index (χ1n) is 5.40. The summed E-state index contributed by atoms with van der Waals surface area (Å²) in [5.41, 5.74) is 7.10. The number of nitrogens with zero attached hydrogens (tertiary/aromatic N) is 2. The van der Waals surface area contributed by atoms with Gasteiger partial charge in [-0.15, -0.1) is 10.2 Å². The van der Waals surface area contributed by atoms with Gasteiger partial charge in [-0.3, -0.25) is 0 Å². The standard InChI is InChI=1S/C11H17N3O2/c1-15-9-7-8(10(16-2)14-13-9)3-4-11(12)5-6-11/h7H,3-6,12H2,1-2H3. The predicted octanol–water partition coefficient (Wildman–Crippen LogP) is 0.918. The second-order valence-electron chi connectivity index (χ2n) is 4.28. The summed E-state index contributed by atoms with van der Waals surface area (Å²) in [6, 6.07) is 1.86. The minimum absolute atomic E-state index is 0.0432. The zero-order chi connectivity index (χ0) is 11.6. The molecule has 2 N–H and O–H groups in total. The van der Waals surface area contributed by atoms with Crippen molar-refractivity contribution in [2.45, 2.75) is 31.2 Å². The van der Waals surface area contributed by atoms with Crippen LogP contribution in [0.15, 0.2) is 6.07 Å². The Labute approximate surface area is 95.0 Å². The summed E-state index contributed by atoms with van der Waals surface area (Å²) < 4.78 is 10.2. The molecule has 2 rings (SSSR count). The van der Waals surface area contributed by atoms with Crippen LogP contribution >= 0.6 is 0 Å². The van der Waals surface area contributed by atoms with Gasteiger partial charge in [0.15, 0.2) is 0 Å². The van der Waals surface area contributed by atoms with Gasteiger partial charge < -0.3 is 15.2 Å². The summed E-state index contributed by atoms with van der Waals surface area (Å²) in [4.78, 5) is 0. The molecule has 16 heavy (non-hydrogen) atoms. The van der Waals surface area contributed by atoms with E-state index in [2.05, 4.69) is 10.2 Å². The molecule has 1 heterocycles. The monoisotopic (exact) mass is 223 g/mol. The molecule has 1 saturated carbocycles. The Balaban J connectivity index is 2.09. The van der Waals surface area contributed by atoms with Crippen molar-refractivity contribution >= 4 is 0 Å². The summed E-state index contributed by atoms with van der Waals surface area (Å²) in [5.74, 6) is 1.07. The number of ether oxygens (including phenoxy) is 2. The van der Waals surface area contributed by atoms with E-state index < -0.39 is 0 Å². The molecule has 0 saturated heterocycles. The fourth-order valence-electron chi connectivity index (χ4n) is 1.64. The first-order valence-corrected chi connectivity index (χ1v) is 5.40. The smallest absolute Gasteiger partial charge is 0.236 e. The normalized spacial score (nSPS) is 16.9. The van der Waals surface area contributed by atoms with E-state index in [4.69, 9.17) is 15.2 Å². The molecule has 1 fully saturated rings. The second kappa shape index (κ2) is 4.25. The van der Waals surface area contributed by atoms with E-state index in [1.165, 1.54) is 0 Å². The first kappa shape index (κ1) is 11.1. The lowest BCUT2D eigenvalue weighted by Crippen LogP contribution is -2.22. The summed E-state index contributed by atoms with van der Waals surface area (Å²) in [6.07, 6.45) is 4.04. The molecule has 1 aliphatic carbocycles. The van der Waals surface area contributed by atoms with Crippen LogP contribution in [0.2, 0.25) is 0 Å². The van der Waals surface area contributed by atoms with Crippen LogP contribution in [0.25, 0.3) is 0 Å². The highest BCUT2D eigenvalue weighted by Gasteiger charge is 2.37. The lowest BCUT2D eigenvalue weighted by atomic mass is 10.1. The number of hydrogen-bond donors (Lipinski definition) is 1. The fourth-order valence-corrected chi connectivity index (χ4v) is 1.64. The van der Waals surface area contributed by atoms with Gasteiger partial charge in [0, 0.05) is 17.2 Å². The predicted molar refractivity (Wildman–Crippen MR) is 59.6 cm³/mol. The van der Waals surface area contributed by atoms with Crippen molar-refractivity contribution in [2.24, 2.45) is 5.73 Å². The molecule has 5 heteroatoms. The highest BCUT2D eigenvalue weighted by atomic mass is 16.5. The quantitative estimate of drug-likeness (QED) is 0.803. The summed E-state index contributed by atoms with van der Waals surface area (Å²) in [7, 11) is 3.17. The third-order valence-corrected chi connectivity index (χ3v) is 3.00. The van der Waals surface area contributed by atoms with Crippen LogP contribution in [-0.2, 0) is 6.42 Å². The third-order valence-electron chi connectivity index (χ3n) is 3.00. The van der Waals surface area contributed by atoms with Gasteiger partial charge in [-0.05, 0) is 25.7 Å². The first-order chi connectivity index (χ1) is 7.67. The van der Waals surface area contributed by atoms with Crippen molar-refractivity contribution in [2.75, 3.05) is 14.2 Å². The zero-order valence-corrected chi connectivity index (χ0v) is 9.69. The molecule has 0 spiro atoms. The SMILES string of the molecule is COc1cc(CCC2(N)CC2)c(OC)nn1. The van der Waals surface area contributed by atoms with Gasteiger partial charge in [-0.1, -0.05) is 0 Å². The van der Waals surface area contributed by atoms with E-state index in [1.807, 2.05) is 6.07 Å². The molecular formula is C11H17N3O2. The average molecular weight is 223 g/mol. The molecule has 0 bridgehead atoms. The van der Waals surface area contributed by atoms with Crippen molar-refractivity contribution in [1.82, 2.24) is 10.2 Å². The van der Waals surface area contributed by atoms with Gasteiger partial charge in [-0.25, -0.2) is 0 Å². The Kier molecular flexibility index (Phi) is 2.96. The van der Waals surface area contributed by atoms with E-state index in [0.29, 0.717) is 11.8 Å². The molecule has 0 radical (unpaired) electrons. The lowest BCUT2D eigenvalue weighted by molar-refractivity contribution is 0.362. The number of hydrogen-bond acceptors (Lipinski definition) is 5. The molecule has 1 aromatic rings. The highest BCUT2D eigenvalue weighted by Crippen LogP contribution is 2.37. The molecule has 1 aromatic heterocycles. The number of nitrogens with two attached hydrogens (primary N) is 1. The fraction of sp³-hybridized carbons (Fsp3) is 0.636. The topological polar surface area (TPSA) is 70.3 Å². The Morgan fingerprint density at radius 1 is 1.31 bits per heavy atom. The molecule has 88 valence electrons. The average Bonchev–Trinajstić information content (AvgIpc) is 3.05. The van der Waals surface area contributed by atoms with Gasteiger partial charge in [0.2, 0.25) is 11.8 Å². The largest absolute Gasteiger partial charge is 0.480 e. The minimum atomic E-state index is 0.0432. The highest BCUT2D eigenvalue weighted by molar-refractivity contribution is 5.29. The van der Waals surface area contributed by atoms with Crippen LogP contribution in [0.5, 0.6) is 11.8 Å². The third kappa shape index (κ3) is 2.41. The van der Waals surface area contributed by atoms with Gasteiger partial charge in [0.05, 0.1) is 14.2 Å². The van der Waals surface area contributed by atoms with Gasteiger partial charge in [-0.2, -0.15) is 0 Å². The molecule has 5 nitrogen and oxygen atoms in total. The minimum Gasteiger partial charge on any atom is -0.480 e. The number of aromatic nitrogens is 2. The van der Waals surface area contributed by atoms with E-state index in [9.17, 15) is 0 Å². The molecule has 0 amide bonds. The van der Waals surface area contributed by atoms with Gasteiger partial charge in [0.1, 0.15) is 0 Å². The Bertz CT molecular complexity index is 377. The summed E-state index contributed by atoms with van der Waals surface area (Å²) in [6.45, 7) is 0. The molecule has 0 atom stereocenters. The Hall–Kier alpha value is -1.36. The van der Waals surface area contributed by atoms with Crippen LogP contribution < -0.4 is 15.2 Å².